The first-order valence-electron chi connectivity index (χ1n) is 5.48. The molecular weight excluding hydrogens is 307 g/mol. The first-order chi connectivity index (χ1) is 9.36. The van der Waals surface area contributed by atoms with Crippen molar-refractivity contribution in [2.45, 2.75) is 18.9 Å². The van der Waals surface area contributed by atoms with Crippen LogP contribution >= 0.6 is 0 Å². The zero-order chi connectivity index (χ0) is 15.3. The molecule has 4 nitrogen and oxygen atoms in total. The lowest BCUT2D eigenvalue weighted by Crippen LogP contribution is -2.14. The molecule has 1 aromatic rings. The second-order valence-electron chi connectivity index (χ2n) is 3.65. The highest BCUT2D eigenvalue weighted by atomic mass is 28.2. The zero-order valence-corrected chi connectivity index (χ0v) is 11.4. The molecule has 0 bridgehead atoms. The standard InChI is InChI=1S/C10H11F5O4Si/c11-4-5(12)7(14)9(8(15)6(4)13)18-2-1-3-20-19-10(16)17/h10,16-17H,1-3,20H2. The first-order valence-corrected chi connectivity index (χ1v) is 7.06. The van der Waals surface area contributed by atoms with Crippen LogP contribution in [0.1, 0.15) is 6.42 Å². The number of benzene rings is 1. The Hall–Kier alpha value is -1.23. The molecule has 0 aromatic heterocycles. The van der Waals surface area contributed by atoms with E-state index in [0.29, 0.717) is 6.04 Å². The van der Waals surface area contributed by atoms with E-state index in [9.17, 15) is 22.0 Å². The van der Waals surface area contributed by atoms with Gasteiger partial charge in [0.25, 0.3) is 6.48 Å². The number of ether oxygens (including phenoxy) is 1. The fourth-order valence-electron chi connectivity index (χ4n) is 1.28. The summed E-state index contributed by atoms with van der Waals surface area (Å²) in [6, 6.07) is 0.368. The summed E-state index contributed by atoms with van der Waals surface area (Å²) >= 11 is 0. The third kappa shape index (κ3) is 4.13. The lowest BCUT2D eigenvalue weighted by molar-refractivity contribution is -0.180. The lowest BCUT2D eigenvalue weighted by atomic mass is 10.2. The SMILES string of the molecule is OC(O)O[SiH2]CCCOc1c(F)c(F)c(F)c(F)c1F. The molecule has 2 N–H and O–H groups in total. The average Bonchev–Trinajstić information content (AvgIpc) is 2.41. The third-order valence-corrected chi connectivity index (χ3v) is 3.54. The molecule has 0 aliphatic carbocycles. The maximum absolute atomic E-state index is 13.2. The fraction of sp³-hybridized carbons (Fsp3) is 0.400. The van der Waals surface area contributed by atoms with E-state index in [0.717, 1.165) is 0 Å². The quantitative estimate of drug-likeness (QED) is 0.196. The Kier molecular flexibility index (Phi) is 6.33. The molecule has 10 heteroatoms. The minimum atomic E-state index is -2.25. The summed E-state index contributed by atoms with van der Waals surface area (Å²) in [5.41, 5.74) is 0. The van der Waals surface area contributed by atoms with Gasteiger partial charge in [-0.1, -0.05) is 0 Å². The molecular formula is C10H11F5O4Si. The maximum atomic E-state index is 13.2. The van der Waals surface area contributed by atoms with Gasteiger partial charge in [-0.25, -0.2) is 13.2 Å². The summed E-state index contributed by atoms with van der Waals surface area (Å²) < 4.78 is 73.7. The molecule has 1 rings (SSSR count). The van der Waals surface area contributed by atoms with E-state index in [4.69, 9.17) is 10.2 Å². The van der Waals surface area contributed by atoms with Crippen molar-refractivity contribution in [3.8, 4) is 5.75 Å². The fourth-order valence-corrected chi connectivity index (χ4v) is 2.06. The van der Waals surface area contributed by atoms with Crippen LogP contribution in [0.5, 0.6) is 5.75 Å². The van der Waals surface area contributed by atoms with Crippen LogP contribution in [-0.2, 0) is 4.43 Å². The molecule has 1 aromatic carbocycles. The highest BCUT2D eigenvalue weighted by Gasteiger charge is 2.26. The normalized spacial score (nSPS) is 11.8. The topological polar surface area (TPSA) is 58.9 Å². The Morgan fingerprint density at radius 3 is 1.90 bits per heavy atom. The number of hydrogen-bond donors (Lipinski definition) is 2. The van der Waals surface area contributed by atoms with E-state index >= 15 is 0 Å². The highest BCUT2D eigenvalue weighted by Crippen LogP contribution is 2.29. The van der Waals surface area contributed by atoms with Crippen molar-refractivity contribution in [2.75, 3.05) is 6.61 Å². The van der Waals surface area contributed by atoms with Gasteiger partial charge < -0.3 is 19.4 Å². The van der Waals surface area contributed by atoms with Gasteiger partial charge in [-0.05, 0) is 12.5 Å². The smallest absolute Gasteiger partial charge is 0.256 e. The molecule has 0 aliphatic heterocycles. The van der Waals surface area contributed by atoms with Crippen molar-refractivity contribution in [3.63, 3.8) is 0 Å². The Morgan fingerprint density at radius 2 is 1.40 bits per heavy atom. The van der Waals surface area contributed by atoms with Gasteiger partial charge in [-0.15, -0.1) is 0 Å². The summed E-state index contributed by atoms with van der Waals surface area (Å²) in [6.45, 7) is -2.17. The van der Waals surface area contributed by atoms with Crippen molar-refractivity contribution in [3.05, 3.63) is 29.1 Å². The van der Waals surface area contributed by atoms with Crippen LogP contribution in [-0.4, -0.2) is 33.1 Å². The van der Waals surface area contributed by atoms with Crippen LogP contribution in [0.2, 0.25) is 6.04 Å². The molecule has 0 unspecified atom stereocenters. The molecule has 0 atom stereocenters. The van der Waals surface area contributed by atoms with Crippen molar-refractivity contribution in [1.29, 1.82) is 0 Å². The largest absolute Gasteiger partial charge is 0.487 e. The highest BCUT2D eigenvalue weighted by molar-refractivity contribution is 6.26. The Balaban J connectivity index is 2.57. The van der Waals surface area contributed by atoms with Crippen LogP contribution in [0.15, 0.2) is 0 Å². The maximum Gasteiger partial charge on any atom is 0.256 e. The molecule has 0 radical (unpaired) electrons. The van der Waals surface area contributed by atoms with Crippen molar-refractivity contribution < 1.29 is 41.3 Å². The predicted octanol–water partition coefficient (Wildman–Crippen LogP) is 0.938. The summed E-state index contributed by atoms with van der Waals surface area (Å²) in [6.07, 6.45) is 0.207. The van der Waals surface area contributed by atoms with Crippen LogP contribution in [0, 0.1) is 29.1 Å². The Morgan fingerprint density at radius 1 is 0.900 bits per heavy atom. The van der Waals surface area contributed by atoms with Gasteiger partial charge in [0.15, 0.2) is 15.5 Å². The molecule has 114 valence electrons. The number of rotatable bonds is 7. The monoisotopic (exact) mass is 318 g/mol. The van der Waals surface area contributed by atoms with Crippen molar-refractivity contribution >= 4 is 9.76 Å². The van der Waals surface area contributed by atoms with Gasteiger partial charge in [0.05, 0.1) is 6.61 Å². The van der Waals surface area contributed by atoms with E-state index in [2.05, 4.69) is 9.16 Å². The predicted molar refractivity (Wildman–Crippen MR) is 59.0 cm³/mol. The van der Waals surface area contributed by atoms with Gasteiger partial charge in [-0.3, -0.25) is 0 Å². The number of aliphatic hydroxyl groups is 2. The minimum absolute atomic E-state index is 0.207. The van der Waals surface area contributed by atoms with Gasteiger partial charge >= 0.3 is 0 Å². The van der Waals surface area contributed by atoms with Crippen LogP contribution < -0.4 is 4.74 Å². The van der Waals surface area contributed by atoms with Gasteiger partial charge in [0.1, 0.15) is 0 Å². The van der Waals surface area contributed by atoms with E-state index < -0.39 is 51.1 Å². The molecule has 0 aliphatic rings. The van der Waals surface area contributed by atoms with Crippen LogP contribution in [0.25, 0.3) is 0 Å². The molecule has 0 amide bonds. The Bertz CT molecular complexity index is 442. The minimum Gasteiger partial charge on any atom is -0.487 e. The molecule has 0 spiro atoms. The van der Waals surface area contributed by atoms with Crippen LogP contribution in [0.4, 0.5) is 22.0 Å². The van der Waals surface area contributed by atoms with Crippen molar-refractivity contribution in [1.82, 2.24) is 0 Å². The van der Waals surface area contributed by atoms with Crippen molar-refractivity contribution in [2.24, 2.45) is 0 Å². The molecule has 20 heavy (non-hydrogen) atoms. The van der Waals surface area contributed by atoms with E-state index in [-0.39, 0.29) is 13.0 Å². The van der Waals surface area contributed by atoms with Gasteiger partial charge in [0, 0.05) is 0 Å². The Labute approximate surface area is 112 Å². The molecule has 0 saturated heterocycles. The summed E-state index contributed by atoms with van der Waals surface area (Å²) in [5, 5.41) is 16.7. The number of halogens is 5. The van der Waals surface area contributed by atoms with E-state index in [1.807, 2.05) is 0 Å². The third-order valence-electron chi connectivity index (χ3n) is 2.22. The lowest BCUT2D eigenvalue weighted by Gasteiger charge is -2.10. The van der Waals surface area contributed by atoms with E-state index in [1.54, 1.807) is 0 Å². The van der Waals surface area contributed by atoms with Gasteiger partial charge in [0.2, 0.25) is 29.1 Å². The van der Waals surface area contributed by atoms with Gasteiger partial charge in [-0.2, -0.15) is 8.78 Å². The molecule has 0 saturated carbocycles. The number of aliphatic hydroxyl groups excluding tert-OH is 1. The van der Waals surface area contributed by atoms with Crippen LogP contribution in [0.3, 0.4) is 0 Å². The molecule has 0 heterocycles. The number of hydrogen-bond acceptors (Lipinski definition) is 4. The first kappa shape index (κ1) is 16.8. The summed E-state index contributed by atoms with van der Waals surface area (Å²) in [4.78, 5) is 0. The average molecular weight is 318 g/mol. The second kappa shape index (κ2) is 7.52. The summed E-state index contributed by atoms with van der Waals surface area (Å²) in [7, 11) is -1.25. The van der Waals surface area contributed by atoms with E-state index in [1.165, 1.54) is 0 Å². The molecule has 0 fully saturated rings. The second-order valence-corrected chi connectivity index (χ2v) is 5.10. The zero-order valence-electron chi connectivity index (χ0n) is 10.0. The summed E-state index contributed by atoms with van der Waals surface area (Å²) in [5.74, 6) is -11.8.